The van der Waals surface area contributed by atoms with Crippen LogP contribution in [0.2, 0.25) is 44.3 Å². The Morgan fingerprint density at radius 2 is 0.964 bits per heavy atom. The summed E-state index contributed by atoms with van der Waals surface area (Å²) in [5.74, 6) is 0. The van der Waals surface area contributed by atoms with Gasteiger partial charge in [-0.15, -0.1) is 0 Å². The van der Waals surface area contributed by atoms with Crippen LogP contribution in [0.25, 0.3) is 0 Å². The van der Waals surface area contributed by atoms with Gasteiger partial charge >= 0.3 is 8.80 Å². The predicted molar refractivity (Wildman–Crippen MR) is 131 cm³/mol. The summed E-state index contributed by atoms with van der Waals surface area (Å²) >= 11 is 0. The molecule has 0 aliphatic rings. The summed E-state index contributed by atoms with van der Waals surface area (Å²) in [5.41, 5.74) is 0. The molecule has 0 aromatic rings. The number of rotatable bonds is 18. The molecule has 0 aromatic carbocycles. The predicted octanol–water partition coefficient (Wildman–Crippen LogP) is 6.74. The van der Waals surface area contributed by atoms with E-state index in [1.165, 1.54) is 44.3 Å². The Balaban J connectivity index is 5.30. The number of hydrogen-bond acceptors (Lipinski definition) is 4. The highest BCUT2D eigenvalue weighted by Crippen LogP contribution is 2.30. The lowest BCUT2D eigenvalue weighted by molar-refractivity contribution is 0.0706. The molecule has 0 heterocycles. The number of nitrogens with zero attached hydrogens (tertiary/aromatic N) is 1. The highest BCUT2D eigenvalue weighted by molar-refractivity contribution is 6.90. The minimum atomic E-state index is -2.53. The molecule has 0 bridgehead atoms. The third-order valence-corrected chi connectivity index (χ3v) is 19.0. The third kappa shape index (κ3) is 10.00. The van der Waals surface area contributed by atoms with Gasteiger partial charge in [-0.3, -0.25) is 0 Å². The monoisotopic (exact) mass is 449 g/mol. The van der Waals surface area contributed by atoms with E-state index in [-0.39, 0.29) is 0 Å². The first-order valence-electron chi connectivity index (χ1n) is 11.8. The second-order valence-corrected chi connectivity index (χ2v) is 21.6. The van der Waals surface area contributed by atoms with Crippen molar-refractivity contribution in [2.24, 2.45) is 0 Å². The quantitative estimate of drug-likeness (QED) is 0.217. The van der Waals surface area contributed by atoms with E-state index in [9.17, 15) is 0 Å². The van der Waals surface area contributed by atoms with Gasteiger partial charge in [-0.2, -0.15) is 0 Å². The van der Waals surface area contributed by atoms with E-state index in [2.05, 4.69) is 44.3 Å². The topological polar surface area (TPSA) is 30.9 Å². The molecule has 0 atom stereocenters. The van der Waals surface area contributed by atoms with Crippen molar-refractivity contribution in [1.29, 1.82) is 0 Å². The standard InChI is InChI=1S/C21H51NO3Si3/c1-10-15-19-26(6,7)22(27(8,9)20-16-11-2)18-17-21-28(23-12-3,24-13-4)25-14-5/h10-21H2,1-9H3. The van der Waals surface area contributed by atoms with Gasteiger partial charge in [0.1, 0.15) is 16.5 Å². The van der Waals surface area contributed by atoms with Crippen molar-refractivity contribution in [3.05, 3.63) is 0 Å². The molecule has 0 spiro atoms. The largest absolute Gasteiger partial charge is 0.500 e. The summed E-state index contributed by atoms with van der Waals surface area (Å²) in [6.07, 6.45) is 6.46. The van der Waals surface area contributed by atoms with Crippen LogP contribution in [0.15, 0.2) is 0 Å². The Labute approximate surface area is 180 Å². The molecule has 0 N–H and O–H groups in total. The van der Waals surface area contributed by atoms with E-state index in [1.54, 1.807) is 0 Å². The Bertz CT molecular complexity index is 358. The molecule has 0 aliphatic carbocycles. The van der Waals surface area contributed by atoms with Gasteiger partial charge in [0.15, 0.2) is 0 Å². The van der Waals surface area contributed by atoms with Crippen LogP contribution in [0.5, 0.6) is 0 Å². The highest BCUT2D eigenvalue weighted by atomic mass is 28.4. The van der Waals surface area contributed by atoms with Gasteiger partial charge in [-0.25, -0.2) is 0 Å². The summed E-state index contributed by atoms with van der Waals surface area (Å²) < 4.78 is 21.3. The van der Waals surface area contributed by atoms with Crippen LogP contribution in [-0.4, -0.2) is 55.9 Å². The fourth-order valence-corrected chi connectivity index (χ4v) is 18.7. The van der Waals surface area contributed by atoms with Crippen molar-refractivity contribution in [3.8, 4) is 0 Å². The van der Waals surface area contributed by atoms with Crippen LogP contribution in [0.3, 0.4) is 0 Å². The fraction of sp³-hybridized carbons (Fsp3) is 1.00. The van der Waals surface area contributed by atoms with Gasteiger partial charge in [0.2, 0.25) is 0 Å². The summed E-state index contributed by atoms with van der Waals surface area (Å²) in [5, 5.41) is 0. The van der Waals surface area contributed by atoms with Crippen LogP contribution in [-0.2, 0) is 13.3 Å². The molecule has 0 radical (unpaired) electrons. The van der Waals surface area contributed by atoms with E-state index in [1.807, 2.05) is 20.8 Å². The van der Waals surface area contributed by atoms with Gasteiger partial charge in [0.05, 0.1) is 0 Å². The van der Waals surface area contributed by atoms with Crippen molar-refractivity contribution in [2.75, 3.05) is 26.4 Å². The van der Waals surface area contributed by atoms with E-state index < -0.39 is 25.3 Å². The van der Waals surface area contributed by atoms with Crippen LogP contribution in [0, 0.1) is 0 Å². The number of hydrogen-bond donors (Lipinski definition) is 0. The summed E-state index contributed by atoms with van der Waals surface area (Å²) in [4.78, 5) is 0. The van der Waals surface area contributed by atoms with E-state index in [0.717, 1.165) is 12.5 Å². The summed E-state index contributed by atoms with van der Waals surface area (Å²) in [6.45, 7) is 24.4. The lowest BCUT2D eigenvalue weighted by Gasteiger charge is -2.48. The Hall–Kier alpha value is 0.491. The Kier molecular flexibility index (Phi) is 14.7. The zero-order valence-corrected chi connectivity index (χ0v) is 23.7. The van der Waals surface area contributed by atoms with Crippen LogP contribution in [0.4, 0.5) is 0 Å². The zero-order valence-electron chi connectivity index (χ0n) is 20.7. The number of unbranched alkanes of at least 4 members (excludes halogenated alkanes) is 2. The summed E-state index contributed by atoms with van der Waals surface area (Å²) in [7, 11) is -5.33. The smallest absolute Gasteiger partial charge is 0.374 e. The highest BCUT2D eigenvalue weighted by Gasteiger charge is 2.43. The first-order chi connectivity index (χ1) is 13.1. The molecule has 4 nitrogen and oxygen atoms in total. The SMILES string of the molecule is CCCC[Si](C)(C)N(CCC[Si](OCC)(OCC)OCC)[Si](C)(C)CCCC. The van der Waals surface area contributed by atoms with Gasteiger partial charge in [0, 0.05) is 25.9 Å². The van der Waals surface area contributed by atoms with E-state index in [4.69, 9.17) is 13.3 Å². The molecule has 170 valence electrons. The lowest BCUT2D eigenvalue weighted by Crippen LogP contribution is -2.62. The maximum absolute atomic E-state index is 6.09. The van der Waals surface area contributed by atoms with Gasteiger partial charge < -0.3 is 17.5 Å². The Morgan fingerprint density at radius 3 is 1.29 bits per heavy atom. The van der Waals surface area contributed by atoms with Crippen molar-refractivity contribution in [1.82, 2.24) is 4.23 Å². The molecule has 0 aliphatic heterocycles. The molecule has 0 unspecified atom stereocenters. The Morgan fingerprint density at radius 1 is 0.571 bits per heavy atom. The van der Waals surface area contributed by atoms with E-state index in [0.29, 0.717) is 19.8 Å². The third-order valence-electron chi connectivity index (χ3n) is 5.70. The molecule has 0 aromatic heterocycles. The van der Waals surface area contributed by atoms with Crippen molar-refractivity contribution >= 4 is 25.3 Å². The van der Waals surface area contributed by atoms with Crippen LogP contribution >= 0.6 is 0 Å². The molecule has 0 saturated carbocycles. The first-order valence-corrected chi connectivity index (χ1v) is 20.1. The fourth-order valence-electron chi connectivity index (χ4n) is 4.37. The maximum Gasteiger partial charge on any atom is 0.500 e. The minimum Gasteiger partial charge on any atom is -0.374 e. The van der Waals surface area contributed by atoms with E-state index >= 15 is 0 Å². The van der Waals surface area contributed by atoms with Crippen molar-refractivity contribution < 1.29 is 13.3 Å². The molecular formula is C21H51NO3Si3. The van der Waals surface area contributed by atoms with Crippen LogP contribution in [0.1, 0.15) is 66.7 Å². The van der Waals surface area contributed by atoms with Gasteiger partial charge in [-0.05, 0) is 45.8 Å². The van der Waals surface area contributed by atoms with Gasteiger partial charge in [0.25, 0.3) is 0 Å². The van der Waals surface area contributed by atoms with Crippen molar-refractivity contribution in [3.63, 3.8) is 0 Å². The minimum absolute atomic E-state index is 0.670. The van der Waals surface area contributed by atoms with Crippen LogP contribution < -0.4 is 0 Å². The molecule has 0 amide bonds. The zero-order chi connectivity index (χ0) is 21.7. The lowest BCUT2D eigenvalue weighted by atomic mass is 10.4. The van der Waals surface area contributed by atoms with Crippen molar-refractivity contribution in [2.45, 2.75) is 111 Å². The molecule has 0 fully saturated rings. The molecule has 28 heavy (non-hydrogen) atoms. The molecule has 7 heteroatoms. The molecular weight excluding hydrogens is 398 g/mol. The average molecular weight is 450 g/mol. The molecule has 0 saturated heterocycles. The second kappa shape index (κ2) is 14.5. The second-order valence-electron chi connectivity index (χ2n) is 9.07. The average Bonchev–Trinajstić information content (AvgIpc) is 2.62. The normalized spacial score (nSPS) is 13.5. The molecule has 0 rings (SSSR count). The van der Waals surface area contributed by atoms with Gasteiger partial charge in [-0.1, -0.05) is 65.7 Å². The summed E-state index contributed by atoms with van der Waals surface area (Å²) in [6, 6.07) is 3.77. The maximum atomic E-state index is 6.09. The first kappa shape index (κ1) is 28.5.